The number of allylic oxidation sites excluding steroid dienone is 4. The maximum atomic E-state index is 2.18. The Hall–Kier alpha value is 0.103. The zero-order chi connectivity index (χ0) is 4.41. The van der Waals surface area contributed by atoms with Crippen molar-refractivity contribution in [1.82, 2.24) is 0 Å². The van der Waals surface area contributed by atoms with E-state index in [4.69, 9.17) is 0 Å². The van der Waals surface area contributed by atoms with Crippen LogP contribution in [0.1, 0.15) is 6.42 Å². The normalized spacial score (nSPS) is 18.7. The zero-order valence-electron chi connectivity index (χ0n) is 3.44. The van der Waals surface area contributed by atoms with E-state index in [0.29, 0.717) is 0 Å². The van der Waals surface area contributed by atoms with Crippen molar-refractivity contribution in [3.63, 3.8) is 0 Å². The van der Waals surface area contributed by atoms with E-state index >= 15 is 0 Å². The van der Waals surface area contributed by atoms with Gasteiger partial charge >= 0.3 is 47.1 Å². The van der Waals surface area contributed by atoms with Crippen LogP contribution in [0.5, 0.6) is 0 Å². The fourth-order valence-electron chi connectivity index (χ4n) is 0.447. The fourth-order valence-corrected chi connectivity index (χ4v) is 0.973. The average Bonchev–Trinajstić information content (AvgIpc) is 1.86. The SMILES string of the molecule is [RuH4][C]1=CC=CC1. The first-order valence-corrected chi connectivity index (χ1v) is 3.20. The third-order valence-corrected chi connectivity index (χ3v) is 1.68. The van der Waals surface area contributed by atoms with Crippen molar-refractivity contribution in [2.24, 2.45) is 0 Å². The van der Waals surface area contributed by atoms with Crippen LogP contribution in [0.3, 0.4) is 0 Å². The molecule has 0 spiro atoms. The van der Waals surface area contributed by atoms with E-state index in [2.05, 4.69) is 18.2 Å². The molecule has 0 N–H and O–H groups in total. The first kappa shape index (κ1) is 4.27. The van der Waals surface area contributed by atoms with Gasteiger partial charge in [0.25, 0.3) is 0 Å². The molecular formula is C5H9Ru. The number of hydrogen-bond donors (Lipinski definition) is 0. The van der Waals surface area contributed by atoms with Gasteiger partial charge in [0, 0.05) is 0 Å². The van der Waals surface area contributed by atoms with E-state index in [1.54, 1.807) is 22.5 Å². The summed E-state index contributed by atoms with van der Waals surface area (Å²) in [7, 11) is 0. The van der Waals surface area contributed by atoms with Crippen molar-refractivity contribution >= 4 is 0 Å². The van der Waals surface area contributed by atoms with Crippen LogP contribution in [0, 0.1) is 0 Å². The Morgan fingerprint density at radius 1 is 1.67 bits per heavy atom. The van der Waals surface area contributed by atoms with Gasteiger partial charge in [0.05, 0.1) is 0 Å². The molecule has 0 heterocycles. The van der Waals surface area contributed by atoms with Crippen LogP contribution < -0.4 is 0 Å². The van der Waals surface area contributed by atoms with Crippen LogP contribution in [0.2, 0.25) is 0 Å². The molecule has 0 radical (unpaired) electrons. The molecule has 1 heteroatoms. The molecule has 0 aliphatic heterocycles. The van der Waals surface area contributed by atoms with Crippen LogP contribution in [0.25, 0.3) is 0 Å². The molecule has 0 amide bonds. The van der Waals surface area contributed by atoms with Crippen LogP contribution in [0.4, 0.5) is 0 Å². The van der Waals surface area contributed by atoms with E-state index in [1.807, 2.05) is 0 Å². The van der Waals surface area contributed by atoms with E-state index in [0.717, 1.165) is 0 Å². The Morgan fingerprint density at radius 2 is 2.50 bits per heavy atom. The van der Waals surface area contributed by atoms with Crippen molar-refractivity contribution in [1.29, 1.82) is 0 Å². The van der Waals surface area contributed by atoms with Gasteiger partial charge in [-0.1, -0.05) is 0 Å². The summed E-state index contributed by atoms with van der Waals surface area (Å²) in [5.74, 6) is 0. The summed E-state index contributed by atoms with van der Waals surface area (Å²) < 4.78 is 1.56. The Balaban J connectivity index is 2.61. The van der Waals surface area contributed by atoms with Crippen LogP contribution in [-0.4, -0.2) is 0 Å². The molecule has 0 bridgehead atoms. The van der Waals surface area contributed by atoms with E-state index in [9.17, 15) is 0 Å². The Morgan fingerprint density at radius 3 is 2.67 bits per heavy atom. The van der Waals surface area contributed by atoms with Gasteiger partial charge in [-0.05, 0) is 0 Å². The quantitative estimate of drug-likeness (QED) is 0.459. The first-order chi connectivity index (χ1) is 2.89. The molecule has 0 aromatic rings. The Labute approximate surface area is 47.6 Å². The Kier molecular flexibility index (Phi) is 1.21. The number of rotatable bonds is 0. The van der Waals surface area contributed by atoms with Crippen molar-refractivity contribution in [3.8, 4) is 0 Å². The van der Waals surface area contributed by atoms with Crippen LogP contribution in [0.15, 0.2) is 22.4 Å². The summed E-state index contributed by atoms with van der Waals surface area (Å²) in [5.41, 5.74) is 0. The molecule has 1 rings (SSSR count). The van der Waals surface area contributed by atoms with Gasteiger partial charge < -0.3 is 0 Å². The van der Waals surface area contributed by atoms with Gasteiger partial charge in [0.15, 0.2) is 0 Å². The topological polar surface area (TPSA) is 0 Å². The molecule has 37 valence electrons. The fraction of sp³-hybridized carbons (Fsp3) is 0.200. The average molecular weight is 170 g/mol. The molecular weight excluding hydrogens is 161 g/mol. The molecule has 1 aliphatic carbocycles. The van der Waals surface area contributed by atoms with Crippen LogP contribution >= 0.6 is 0 Å². The summed E-state index contributed by atoms with van der Waals surface area (Å²) in [6.45, 7) is 0. The predicted octanol–water partition coefficient (Wildman–Crippen LogP) is 0.306. The van der Waals surface area contributed by atoms with Gasteiger partial charge in [0.1, 0.15) is 0 Å². The van der Waals surface area contributed by atoms with Gasteiger partial charge in [-0.15, -0.1) is 0 Å². The predicted molar refractivity (Wildman–Crippen MR) is 27.4 cm³/mol. The molecule has 0 saturated heterocycles. The minimum atomic E-state index is 1.21. The van der Waals surface area contributed by atoms with Gasteiger partial charge in [0.2, 0.25) is 0 Å². The molecule has 6 heavy (non-hydrogen) atoms. The van der Waals surface area contributed by atoms with Crippen molar-refractivity contribution < 1.29 is 18.3 Å². The summed E-state index contributed by atoms with van der Waals surface area (Å²) in [6.07, 6.45) is 7.69. The molecule has 0 nitrogen and oxygen atoms in total. The molecule has 0 aromatic carbocycles. The van der Waals surface area contributed by atoms with E-state index in [1.165, 1.54) is 6.42 Å². The van der Waals surface area contributed by atoms with E-state index < -0.39 is 0 Å². The summed E-state index contributed by atoms with van der Waals surface area (Å²) in [5, 5.41) is 0. The zero-order valence-corrected chi connectivity index (χ0v) is 5.90. The summed E-state index contributed by atoms with van der Waals surface area (Å²) in [4.78, 5) is 0. The summed E-state index contributed by atoms with van der Waals surface area (Å²) >= 11 is 1.56. The maximum absolute atomic E-state index is 2.18. The summed E-state index contributed by atoms with van der Waals surface area (Å²) in [6, 6.07) is 0. The monoisotopic (exact) mass is 171 g/mol. The van der Waals surface area contributed by atoms with Gasteiger partial charge in [-0.3, -0.25) is 0 Å². The van der Waals surface area contributed by atoms with Crippen molar-refractivity contribution in [2.75, 3.05) is 0 Å². The van der Waals surface area contributed by atoms with Crippen molar-refractivity contribution in [2.45, 2.75) is 6.42 Å². The molecule has 0 fully saturated rings. The number of hydrogen-bond acceptors (Lipinski definition) is 0. The van der Waals surface area contributed by atoms with Crippen LogP contribution in [-0.2, 0) is 18.3 Å². The van der Waals surface area contributed by atoms with Gasteiger partial charge in [-0.2, -0.15) is 0 Å². The van der Waals surface area contributed by atoms with E-state index in [-0.39, 0.29) is 0 Å². The second-order valence-corrected chi connectivity index (χ2v) is 2.90. The van der Waals surface area contributed by atoms with Crippen molar-refractivity contribution in [3.05, 3.63) is 22.4 Å². The first-order valence-electron chi connectivity index (χ1n) is 1.97. The minimum absolute atomic E-state index is 1.21. The Bertz CT molecular complexity index is 101. The molecule has 0 saturated carbocycles. The second kappa shape index (κ2) is 1.70. The molecule has 0 aromatic heterocycles. The third kappa shape index (κ3) is 0.783. The second-order valence-electron chi connectivity index (χ2n) is 1.32. The molecule has 0 unspecified atom stereocenters. The third-order valence-electron chi connectivity index (χ3n) is 0.771. The molecule has 0 atom stereocenters. The molecule has 1 aliphatic rings. The standard InChI is InChI=1S/C5H5.Ru.4H/c1-2-4-5-3-1;;;;;/h1-3H,4H2;;;;;. The van der Waals surface area contributed by atoms with Gasteiger partial charge in [-0.25, -0.2) is 0 Å².